The van der Waals surface area contributed by atoms with Gasteiger partial charge in [0.05, 0.1) is 0 Å². The molecular weight excluding hydrogens is 279 g/mol. The highest BCUT2D eigenvalue weighted by Gasteiger charge is 2.55. The fourth-order valence-corrected chi connectivity index (χ4v) is 3.99. The maximum atomic E-state index is 12.1. The highest BCUT2D eigenvalue weighted by atomic mass is 19.4. The molecule has 2 aliphatic carbocycles. The molecule has 0 radical (unpaired) electrons. The van der Waals surface area contributed by atoms with Crippen LogP contribution in [-0.4, -0.2) is 19.5 Å². The number of nitrogens with one attached hydrogen (secondary N) is 1. The molecule has 0 saturated heterocycles. The maximum Gasteiger partial charge on any atom is 0.573 e. The van der Waals surface area contributed by atoms with Crippen molar-refractivity contribution in [2.24, 2.45) is 17.8 Å². The Morgan fingerprint density at radius 2 is 1.81 bits per heavy atom. The fraction of sp³-hybridized carbons (Fsp3) is 0.625. The van der Waals surface area contributed by atoms with E-state index in [9.17, 15) is 13.2 Å². The molecule has 116 valence electrons. The standard InChI is InChI=1S/C16H20F3NO/c1-20-14(15-12-3-2-4-13(12)15)9-10-5-7-11(8-6-10)21-16(17,18)19/h5-8,12-15,20H,2-4,9H2,1H3. The molecule has 2 nitrogen and oxygen atoms in total. The molecule has 5 heteroatoms. The van der Waals surface area contributed by atoms with Crippen molar-refractivity contribution in [1.82, 2.24) is 5.32 Å². The van der Waals surface area contributed by atoms with Crippen molar-refractivity contribution in [3.63, 3.8) is 0 Å². The first kappa shape index (κ1) is 14.7. The minimum atomic E-state index is -4.62. The van der Waals surface area contributed by atoms with Crippen LogP contribution < -0.4 is 10.1 Å². The molecule has 0 amide bonds. The van der Waals surface area contributed by atoms with Crippen LogP contribution in [0.5, 0.6) is 5.75 Å². The molecule has 3 atom stereocenters. The Bertz CT molecular complexity index is 475. The van der Waals surface area contributed by atoms with E-state index in [4.69, 9.17) is 0 Å². The van der Waals surface area contributed by atoms with Gasteiger partial charge in [-0.25, -0.2) is 0 Å². The number of fused-ring (bicyclic) bond motifs is 1. The molecule has 2 aliphatic rings. The molecule has 1 N–H and O–H groups in total. The van der Waals surface area contributed by atoms with E-state index in [1.54, 1.807) is 12.1 Å². The number of rotatable bonds is 5. The van der Waals surface area contributed by atoms with Crippen LogP contribution in [0.15, 0.2) is 24.3 Å². The number of ether oxygens (including phenoxy) is 1. The van der Waals surface area contributed by atoms with Gasteiger partial charge in [0.25, 0.3) is 0 Å². The first-order chi connectivity index (χ1) is 9.98. The van der Waals surface area contributed by atoms with Crippen molar-refractivity contribution >= 4 is 0 Å². The minimum absolute atomic E-state index is 0.157. The van der Waals surface area contributed by atoms with E-state index in [0.29, 0.717) is 6.04 Å². The third kappa shape index (κ3) is 3.34. The Morgan fingerprint density at radius 3 is 2.33 bits per heavy atom. The Hall–Kier alpha value is -1.23. The van der Waals surface area contributed by atoms with E-state index in [1.165, 1.54) is 31.4 Å². The molecule has 0 spiro atoms. The molecule has 0 aliphatic heterocycles. The zero-order chi connectivity index (χ0) is 15.0. The molecule has 0 heterocycles. The molecule has 1 aromatic rings. The highest BCUT2D eigenvalue weighted by molar-refractivity contribution is 5.28. The van der Waals surface area contributed by atoms with Gasteiger partial charge in [0.15, 0.2) is 0 Å². The summed E-state index contributed by atoms with van der Waals surface area (Å²) in [6.07, 6.45) is 0.268. The summed E-state index contributed by atoms with van der Waals surface area (Å²) in [6.45, 7) is 0. The Morgan fingerprint density at radius 1 is 1.19 bits per heavy atom. The third-order valence-corrected chi connectivity index (χ3v) is 4.92. The third-order valence-electron chi connectivity index (χ3n) is 4.92. The summed E-state index contributed by atoms with van der Waals surface area (Å²) in [5, 5.41) is 3.38. The Kier molecular flexibility index (Phi) is 3.86. The molecule has 0 aromatic heterocycles. The van der Waals surface area contributed by atoms with Crippen molar-refractivity contribution in [1.29, 1.82) is 0 Å². The van der Waals surface area contributed by atoms with Gasteiger partial charge in [0.1, 0.15) is 5.75 Å². The first-order valence-corrected chi connectivity index (χ1v) is 7.50. The fourth-order valence-electron chi connectivity index (χ4n) is 3.99. The smallest absolute Gasteiger partial charge is 0.406 e. The molecule has 21 heavy (non-hydrogen) atoms. The SMILES string of the molecule is CNC(Cc1ccc(OC(F)(F)F)cc1)C1C2CCCC21. The second-order valence-electron chi connectivity index (χ2n) is 6.13. The number of hydrogen-bond donors (Lipinski definition) is 1. The number of hydrogen-bond acceptors (Lipinski definition) is 2. The van der Waals surface area contributed by atoms with Gasteiger partial charge in [-0.2, -0.15) is 0 Å². The van der Waals surface area contributed by atoms with Gasteiger partial charge in [0, 0.05) is 6.04 Å². The predicted octanol–water partition coefficient (Wildman–Crippen LogP) is 3.76. The van der Waals surface area contributed by atoms with E-state index < -0.39 is 6.36 Å². The molecule has 2 saturated carbocycles. The van der Waals surface area contributed by atoms with Crippen LogP contribution in [0.2, 0.25) is 0 Å². The second kappa shape index (κ2) is 5.52. The normalized spacial score (nSPS) is 29.0. The van der Waals surface area contributed by atoms with Gasteiger partial charge >= 0.3 is 6.36 Å². The van der Waals surface area contributed by atoms with E-state index in [2.05, 4.69) is 10.1 Å². The number of benzene rings is 1. The lowest BCUT2D eigenvalue weighted by atomic mass is 9.97. The average Bonchev–Trinajstić information content (AvgIpc) is 2.89. The summed E-state index contributed by atoms with van der Waals surface area (Å²) in [7, 11) is 1.97. The van der Waals surface area contributed by atoms with Crippen molar-refractivity contribution in [2.75, 3.05) is 7.05 Å². The summed E-state index contributed by atoms with van der Waals surface area (Å²) >= 11 is 0. The zero-order valence-electron chi connectivity index (χ0n) is 12.0. The lowest BCUT2D eigenvalue weighted by Gasteiger charge is -2.18. The number of halogens is 3. The second-order valence-corrected chi connectivity index (χ2v) is 6.13. The van der Waals surface area contributed by atoms with Crippen LogP contribution in [0, 0.1) is 17.8 Å². The Labute approximate surface area is 122 Å². The summed E-state index contributed by atoms with van der Waals surface area (Å²) in [5.41, 5.74) is 1.05. The summed E-state index contributed by atoms with van der Waals surface area (Å²) in [4.78, 5) is 0. The topological polar surface area (TPSA) is 21.3 Å². The quantitative estimate of drug-likeness (QED) is 0.894. The maximum absolute atomic E-state index is 12.1. The minimum Gasteiger partial charge on any atom is -0.406 e. The molecule has 0 bridgehead atoms. The van der Waals surface area contributed by atoms with Crippen molar-refractivity contribution in [3.05, 3.63) is 29.8 Å². The number of alkyl halides is 3. The van der Waals surface area contributed by atoms with Gasteiger partial charge in [-0.1, -0.05) is 18.6 Å². The monoisotopic (exact) mass is 299 g/mol. The van der Waals surface area contributed by atoms with Crippen LogP contribution in [0.25, 0.3) is 0 Å². The van der Waals surface area contributed by atoms with Crippen molar-refractivity contribution < 1.29 is 17.9 Å². The van der Waals surface area contributed by atoms with Gasteiger partial charge in [0.2, 0.25) is 0 Å². The lowest BCUT2D eigenvalue weighted by molar-refractivity contribution is -0.274. The Balaban J connectivity index is 1.59. The van der Waals surface area contributed by atoms with Crippen molar-refractivity contribution in [3.8, 4) is 5.75 Å². The molecule has 1 aromatic carbocycles. The summed E-state index contributed by atoms with van der Waals surface area (Å²) in [5.74, 6) is 2.33. The number of likely N-dealkylation sites (N-methyl/N-ethyl adjacent to an activating group) is 1. The van der Waals surface area contributed by atoms with Crippen LogP contribution in [0.3, 0.4) is 0 Å². The highest BCUT2D eigenvalue weighted by Crippen LogP contribution is 2.59. The zero-order valence-corrected chi connectivity index (χ0v) is 12.0. The van der Waals surface area contributed by atoms with Crippen LogP contribution in [-0.2, 0) is 6.42 Å². The predicted molar refractivity (Wildman–Crippen MR) is 74.0 cm³/mol. The molecular formula is C16H20F3NO. The average molecular weight is 299 g/mol. The van der Waals surface area contributed by atoms with Gasteiger partial charge in [-0.3, -0.25) is 0 Å². The van der Waals surface area contributed by atoms with Gasteiger partial charge in [-0.05, 0) is 61.8 Å². The van der Waals surface area contributed by atoms with Crippen LogP contribution >= 0.6 is 0 Å². The van der Waals surface area contributed by atoms with Crippen LogP contribution in [0.1, 0.15) is 24.8 Å². The van der Waals surface area contributed by atoms with E-state index >= 15 is 0 Å². The van der Waals surface area contributed by atoms with Crippen molar-refractivity contribution in [2.45, 2.75) is 38.1 Å². The molecule has 3 rings (SSSR count). The van der Waals surface area contributed by atoms with E-state index in [1.807, 2.05) is 7.05 Å². The first-order valence-electron chi connectivity index (χ1n) is 7.50. The molecule has 2 fully saturated rings. The van der Waals surface area contributed by atoms with Gasteiger partial charge in [-0.15, -0.1) is 13.2 Å². The van der Waals surface area contributed by atoms with E-state index in [-0.39, 0.29) is 5.75 Å². The van der Waals surface area contributed by atoms with Crippen LogP contribution in [0.4, 0.5) is 13.2 Å². The summed E-state index contributed by atoms with van der Waals surface area (Å²) in [6, 6.07) is 6.66. The van der Waals surface area contributed by atoms with E-state index in [0.717, 1.165) is 29.7 Å². The largest absolute Gasteiger partial charge is 0.573 e. The van der Waals surface area contributed by atoms with Gasteiger partial charge < -0.3 is 10.1 Å². The summed E-state index contributed by atoms with van der Waals surface area (Å²) < 4.78 is 40.3. The molecule has 3 unspecified atom stereocenters. The lowest BCUT2D eigenvalue weighted by Crippen LogP contribution is -2.31.